The van der Waals surface area contributed by atoms with E-state index in [1.165, 1.54) is 59.9 Å². The van der Waals surface area contributed by atoms with Gasteiger partial charge in [-0.05, 0) is 65.6 Å². The van der Waals surface area contributed by atoms with E-state index >= 15 is 0 Å². The van der Waals surface area contributed by atoms with E-state index in [1.807, 2.05) is 0 Å². The second-order valence-corrected chi connectivity index (χ2v) is 14.1. The van der Waals surface area contributed by atoms with E-state index in [1.54, 1.807) is 36.7 Å². The Morgan fingerprint density at radius 3 is 2.58 bits per heavy atom. The first-order valence-electron chi connectivity index (χ1n) is 16.1. The second-order valence-electron chi connectivity index (χ2n) is 12.7. The van der Waals surface area contributed by atoms with Crippen molar-refractivity contribution < 1.29 is 19.7 Å². The number of anilines is 2. The predicted octanol–water partition coefficient (Wildman–Crippen LogP) is 6.16. The maximum atomic E-state index is 13.5. The Bertz CT molecular complexity index is 2170. The molecule has 11 nitrogen and oxygen atoms in total. The van der Waals surface area contributed by atoms with Gasteiger partial charge in [-0.3, -0.25) is 9.59 Å². The number of rotatable bonds is 7. The smallest absolute Gasteiger partial charge is 0.267 e. The minimum atomic E-state index is -0.838. The zero-order valence-electron chi connectivity index (χ0n) is 27.4. The molecule has 50 heavy (non-hydrogen) atoms. The third-order valence-corrected chi connectivity index (χ3v) is 11.3. The van der Waals surface area contributed by atoms with E-state index in [0.29, 0.717) is 15.5 Å². The molecule has 1 aliphatic carbocycles. The largest absolute Gasteiger partial charge is 0.506 e. The number of methoxy groups -OCH3 is 1. The Kier molecular flexibility index (Phi) is 8.93. The van der Waals surface area contributed by atoms with Crippen molar-refractivity contribution in [2.45, 2.75) is 35.2 Å². The first-order chi connectivity index (χ1) is 24.1. The van der Waals surface area contributed by atoms with Crippen LogP contribution in [0.2, 0.25) is 5.02 Å². The summed E-state index contributed by atoms with van der Waals surface area (Å²) in [6.07, 6.45) is 7.85. The van der Waals surface area contributed by atoms with Gasteiger partial charge in [0.2, 0.25) is 0 Å². The Morgan fingerprint density at radius 1 is 1.08 bits per heavy atom. The number of nitrogens with two attached hydrogens (primary N) is 1. The van der Waals surface area contributed by atoms with Crippen LogP contribution >= 0.6 is 23.4 Å². The number of phenolic OH excluding ortho intramolecular Hbond substituents is 1. The average Bonchev–Trinajstić information content (AvgIpc) is 3.39. The Morgan fingerprint density at radius 2 is 1.86 bits per heavy atom. The summed E-state index contributed by atoms with van der Waals surface area (Å²) in [6.45, 7) is 1.70. The highest BCUT2D eigenvalue weighted by Crippen LogP contribution is 2.51. The number of nitrogens with one attached hydrogen (secondary N) is 1. The number of hydrogen-bond donors (Lipinski definition) is 4. The highest BCUT2D eigenvalue weighted by Gasteiger charge is 2.45. The van der Waals surface area contributed by atoms with Crippen LogP contribution in [0.5, 0.6) is 17.2 Å². The van der Waals surface area contributed by atoms with Crippen molar-refractivity contribution in [2.75, 3.05) is 30.4 Å². The number of amides is 1. The number of aryl methyl sites for hydroxylation is 1. The molecule has 256 valence electrons. The number of ether oxygens (including phenoxy) is 1. The number of benzene rings is 3. The molecule has 1 atom stereocenters. The first kappa shape index (κ1) is 33.5. The Balaban J connectivity index is 1.04. The fourth-order valence-electron chi connectivity index (χ4n) is 6.98. The van der Waals surface area contributed by atoms with Crippen molar-refractivity contribution in [1.82, 2.24) is 14.5 Å². The van der Waals surface area contributed by atoms with Gasteiger partial charge in [-0.25, -0.2) is 9.97 Å². The average molecular weight is 711 g/mol. The molecule has 3 heterocycles. The number of hydrogen-bond acceptors (Lipinski definition) is 10. The molecular formula is C37H35ClN6O5S. The zero-order valence-corrected chi connectivity index (χ0v) is 29.0. The molecule has 0 saturated carbocycles. The fraction of sp³-hybridized carbons (Fsp3) is 0.243. The number of carbonyl (C=O) groups excluding carboxylic acids is 1. The van der Waals surface area contributed by atoms with Crippen LogP contribution < -0.4 is 26.2 Å². The van der Waals surface area contributed by atoms with Gasteiger partial charge in [0.05, 0.1) is 30.2 Å². The molecule has 5 N–H and O–H groups in total. The van der Waals surface area contributed by atoms with E-state index in [0.717, 1.165) is 38.2 Å². The lowest BCUT2D eigenvalue weighted by Crippen LogP contribution is -2.44. The molecule has 1 amide bonds. The molecule has 7 rings (SSSR count). The van der Waals surface area contributed by atoms with Crippen LogP contribution in [-0.4, -0.2) is 50.9 Å². The van der Waals surface area contributed by atoms with E-state index in [-0.39, 0.29) is 39.2 Å². The quantitative estimate of drug-likeness (QED) is 0.154. The van der Waals surface area contributed by atoms with E-state index in [2.05, 4.69) is 39.5 Å². The van der Waals surface area contributed by atoms with Gasteiger partial charge in [0.15, 0.2) is 11.5 Å². The van der Waals surface area contributed by atoms with Gasteiger partial charge in [0.1, 0.15) is 22.2 Å². The lowest BCUT2D eigenvalue weighted by molar-refractivity contribution is 0.102. The van der Waals surface area contributed by atoms with Gasteiger partial charge in [-0.2, -0.15) is 0 Å². The van der Waals surface area contributed by atoms with Crippen LogP contribution in [0.25, 0.3) is 11.1 Å². The Labute approximate surface area is 297 Å². The molecule has 5 aromatic rings. The molecule has 0 radical (unpaired) electrons. The summed E-state index contributed by atoms with van der Waals surface area (Å²) in [4.78, 5) is 38.8. The van der Waals surface area contributed by atoms with Crippen molar-refractivity contribution in [2.24, 2.45) is 18.2 Å². The standard InChI is InChI=1S/C37H35ClN6O5S/c1-43-20-24(21-10-11-26(45)27(16-21)49-2)33(46)31(36(43)48)35(47)42-25-8-5-9-28(32(25)38)50-30-19-40-29(18-41-30)44-14-12-37(13-15-44)17-22-6-3-4-7-23(22)34(37)39/h3-11,16,18-20,34,45-46H,12-15,17,39H2,1-2H3,(H,42,47)/t34-/m1/s1. The topological polar surface area (TPSA) is 156 Å². The number of pyridine rings is 1. The van der Waals surface area contributed by atoms with Gasteiger partial charge in [0.25, 0.3) is 11.5 Å². The molecule has 1 spiro atoms. The van der Waals surface area contributed by atoms with E-state index in [9.17, 15) is 19.8 Å². The molecule has 2 aliphatic rings. The third-order valence-electron chi connectivity index (χ3n) is 9.78. The van der Waals surface area contributed by atoms with Crippen molar-refractivity contribution in [3.05, 3.63) is 111 Å². The first-order valence-corrected chi connectivity index (χ1v) is 17.3. The number of piperidine rings is 1. The maximum Gasteiger partial charge on any atom is 0.267 e. The third kappa shape index (κ3) is 6.03. The molecule has 1 aliphatic heterocycles. The SMILES string of the molecule is COc1cc(-c2cn(C)c(=O)c(C(=O)Nc3cccc(Sc4cnc(N5CCC6(CC5)Cc5ccccc5[C@H]6N)cn4)c3Cl)c2O)ccc1O. The molecule has 2 aromatic heterocycles. The summed E-state index contributed by atoms with van der Waals surface area (Å²) < 4.78 is 6.38. The van der Waals surface area contributed by atoms with Crippen LogP contribution in [0, 0.1) is 5.41 Å². The van der Waals surface area contributed by atoms with Crippen molar-refractivity contribution >= 4 is 40.8 Å². The molecular weight excluding hydrogens is 676 g/mol. The van der Waals surface area contributed by atoms with Crippen LogP contribution in [0.4, 0.5) is 11.5 Å². The lowest BCUT2D eigenvalue weighted by atomic mass is 9.73. The summed E-state index contributed by atoms with van der Waals surface area (Å²) in [5.41, 5.74) is 9.18. The summed E-state index contributed by atoms with van der Waals surface area (Å²) in [7, 11) is 2.87. The van der Waals surface area contributed by atoms with Gasteiger partial charge in [-0.15, -0.1) is 0 Å². The summed E-state index contributed by atoms with van der Waals surface area (Å²) >= 11 is 8.04. The zero-order chi connectivity index (χ0) is 35.2. The highest BCUT2D eigenvalue weighted by atomic mass is 35.5. The van der Waals surface area contributed by atoms with Crippen LogP contribution in [0.1, 0.15) is 40.4 Å². The van der Waals surface area contributed by atoms with Crippen LogP contribution in [0.15, 0.2) is 94.0 Å². The monoisotopic (exact) mass is 710 g/mol. The molecule has 0 unspecified atom stereocenters. The lowest BCUT2D eigenvalue weighted by Gasteiger charge is -2.42. The number of nitrogens with zero attached hydrogens (tertiary/aromatic N) is 4. The Hall–Kier alpha value is -5.04. The number of carbonyl (C=O) groups is 1. The molecule has 0 bridgehead atoms. The minimum absolute atomic E-state index is 0.0485. The van der Waals surface area contributed by atoms with E-state index < -0.39 is 22.8 Å². The summed E-state index contributed by atoms with van der Waals surface area (Å²) in [6, 6.07) is 18.1. The van der Waals surface area contributed by atoms with Gasteiger partial charge in [0, 0.05) is 42.8 Å². The van der Waals surface area contributed by atoms with Crippen LogP contribution in [-0.2, 0) is 13.5 Å². The summed E-state index contributed by atoms with van der Waals surface area (Å²) in [5, 5.41) is 24.7. The van der Waals surface area contributed by atoms with Crippen molar-refractivity contribution in [3.8, 4) is 28.4 Å². The van der Waals surface area contributed by atoms with Gasteiger partial charge >= 0.3 is 0 Å². The predicted molar refractivity (Wildman–Crippen MR) is 194 cm³/mol. The highest BCUT2D eigenvalue weighted by molar-refractivity contribution is 7.99. The van der Waals surface area contributed by atoms with Crippen molar-refractivity contribution in [1.29, 1.82) is 0 Å². The van der Waals surface area contributed by atoms with Crippen LogP contribution in [0.3, 0.4) is 0 Å². The fourth-order valence-corrected chi connectivity index (χ4v) is 8.05. The van der Waals surface area contributed by atoms with Gasteiger partial charge in [-0.1, -0.05) is 59.8 Å². The number of phenols is 1. The number of aromatic nitrogens is 3. The number of fused-ring (bicyclic) bond motifs is 1. The van der Waals surface area contributed by atoms with Crippen molar-refractivity contribution in [3.63, 3.8) is 0 Å². The molecule has 1 fully saturated rings. The summed E-state index contributed by atoms with van der Waals surface area (Å²) in [5.74, 6) is -0.480. The van der Waals surface area contributed by atoms with Gasteiger partial charge < -0.3 is 35.5 Å². The second kappa shape index (κ2) is 13.3. The minimum Gasteiger partial charge on any atom is -0.506 e. The maximum absolute atomic E-state index is 13.5. The molecule has 13 heteroatoms. The molecule has 1 saturated heterocycles. The molecule has 3 aromatic carbocycles. The number of aromatic hydroxyl groups is 2. The normalized spacial score (nSPS) is 16.3. The van der Waals surface area contributed by atoms with E-state index in [4.69, 9.17) is 27.1 Å². The number of halogens is 1.